The number of hydrogen-bond donors (Lipinski definition) is 1. The summed E-state index contributed by atoms with van der Waals surface area (Å²) < 4.78 is 18.3. The zero-order chi connectivity index (χ0) is 15.4. The Bertz CT molecular complexity index is 700. The van der Waals surface area contributed by atoms with Gasteiger partial charge >= 0.3 is 5.97 Å². The molecule has 2 aromatic rings. The number of carbonyl (C=O) groups is 1. The van der Waals surface area contributed by atoms with Crippen LogP contribution in [-0.4, -0.2) is 22.4 Å². The summed E-state index contributed by atoms with van der Waals surface area (Å²) in [5.41, 5.74) is 0.907. The molecule has 0 saturated heterocycles. The van der Waals surface area contributed by atoms with Crippen LogP contribution in [0.1, 0.15) is 15.9 Å². The van der Waals surface area contributed by atoms with Gasteiger partial charge in [-0.1, -0.05) is 18.2 Å². The van der Waals surface area contributed by atoms with Crippen molar-refractivity contribution in [2.45, 2.75) is 10.6 Å². The molecule has 0 spiro atoms. The molecule has 2 aromatic carbocycles. The number of carboxylic acid groups (broad SMARTS) is 1. The molecule has 0 heterocycles. The number of benzene rings is 2. The highest BCUT2D eigenvalue weighted by Gasteiger charge is 2.15. The van der Waals surface area contributed by atoms with Gasteiger partial charge in [-0.2, -0.15) is 0 Å². The standard InChI is InChI=1S/C15H13BrO4S/c1-20-13-7-6-10(8-12(13)16)9-21(19)14-5-3-2-4-11(14)15(17)18/h2-8H,9H2,1H3,(H,17,18). The van der Waals surface area contributed by atoms with Crippen LogP contribution < -0.4 is 4.74 Å². The minimum Gasteiger partial charge on any atom is -0.496 e. The van der Waals surface area contributed by atoms with Crippen molar-refractivity contribution in [2.24, 2.45) is 0 Å². The van der Waals surface area contributed by atoms with Gasteiger partial charge in [-0.05, 0) is 45.8 Å². The summed E-state index contributed by atoms with van der Waals surface area (Å²) in [6.07, 6.45) is 0. The number of methoxy groups -OCH3 is 1. The first kappa shape index (κ1) is 15.7. The first-order valence-electron chi connectivity index (χ1n) is 6.06. The molecule has 2 rings (SSSR count). The number of hydrogen-bond acceptors (Lipinski definition) is 3. The van der Waals surface area contributed by atoms with Gasteiger partial charge in [0.2, 0.25) is 0 Å². The summed E-state index contributed by atoms with van der Waals surface area (Å²) in [7, 11) is 0.145. The Kier molecular flexibility index (Phi) is 5.14. The highest BCUT2D eigenvalue weighted by Crippen LogP contribution is 2.27. The van der Waals surface area contributed by atoms with Crippen LogP contribution in [0.4, 0.5) is 0 Å². The van der Waals surface area contributed by atoms with E-state index >= 15 is 0 Å². The summed E-state index contributed by atoms with van der Waals surface area (Å²) in [6.45, 7) is 0. The van der Waals surface area contributed by atoms with Crippen LogP contribution in [0.2, 0.25) is 0 Å². The fraction of sp³-hybridized carbons (Fsp3) is 0.133. The Morgan fingerprint density at radius 3 is 2.62 bits per heavy atom. The van der Waals surface area contributed by atoms with Crippen molar-refractivity contribution >= 4 is 32.7 Å². The summed E-state index contributed by atoms with van der Waals surface area (Å²) in [5.74, 6) is -0.141. The summed E-state index contributed by atoms with van der Waals surface area (Å²) >= 11 is 3.37. The van der Waals surface area contributed by atoms with Gasteiger partial charge in [0.15, 0.2) is 0 Å². The summed E-state index contributed by atoms with van der Waals surface area (Å²) in [4.78, 5) is 11.5. The van der Waals surface area contributed by atoms with Crippen LogP contribution in [0.25, 0.3) is 0 Å². The third-order valence-electron chi connectivity index (χ3n) is 2.88. The maximum Gasteiger partial charge on any atom is 0.336 e. The normalized spacial score (nSPS) is 11.9. The zero-order valence-electron chi connectivity index (χ0n) is 11.2. The van der Waals surface area contributed by atoms with Gasteiger partial charge in [-0.15, -0.1) is 0 Å². The lowest BCUT2D eigenvalue weighted by atomic mass is 10.2. The lowest BCUT2D eigenvalue weighted by Gasteiger charge is -2.08. The first-order chi connectivity index (χ1) is 10.0. The van der Waals surface area contributed by atoms with Crippen LogP contribution in [0.15, 0.2) is 51.8 Å². The second kappa shape index (κ2) is 6.87. The number of aromatic carboxylic acids is 1. The third kappa shape index (κ3) is 3.71. The van der Waals surface area contributed by atoms with Gasteiger partial charge in [0.25, 0.3) is 0 Å². The van der Waals surface area contributed by atoms with Gasteiger partial charge in [-0.25, -0.2) is 4.79 Å². The highest BCUT2D eigenvalue weighted by atomic mass is 79.9. The number of halogens is 1. The van der Waals surface area contributed by atoms with Gasteiger partial charge in [0.05, 0.1) is 38.6 Å². The average Bonchev–Trinajstić information content (AvgIpc) is 2.47. The lowest BCUT2D eigenvalue weighted by Crippen LogP contribution is -2.05. The van der Waals surface area contributed by atoms with Gasteiger partial charge in [0.1, 0.15) is 5.75 Å². The maximum atomic E-state index is 12.4. The summed E-state index contributed by atoms with van der Waals surface area (Å²) in [5, 5.41) is 9.13. The van der Waals surface area contributed by atoms with E-state index in [2.05, 4.69) is 15.9 Å². The Morgan fingerprint density at radius 1 is 1.29 bits per heavy atom. The SMILES string of the molecule is COc1ccc(CS(=O)c2ccccc2C(=O)O)cc1Br. The minimum atomic E-state index is -1.43. The molecule has 21 heavy (non-hydrogen) atoms. The Morgan fingerprint density at radius 2 is 2.00 bits per heavy atom. The van der Waals surface area contributed by atoms with Gasteiger partial charge in [-0.3, -0.25) is 4.21 Å². The molecule has 110 valence electrons. The molecule has 0 aromatic heterocycles. The molecule has 0 amide bonds. The molecule has 0 fully saturated rings. The van der Waals surface area contributed by atoms with E-state index in [-0.39, 0.29) is 11.3 Å². The Balaban J connectivity index is 2.26. The zero-order valence-corrected chi connectivity index (χ0v) is 13.6. The van der Waals surface area contributed by atoms with Crippen molar-refractivity contribution in [1.29, 1.82) is 0 Å². The van der Waals surface area contributed by atoms with E-state index in [1.54, 1.807) is 31.4 Å². The van der Waals surface area contributed by atoms with Crippen LogP contribution >= 0.6 is 15.9 Å². The second-order valence-electron chi connectivity index (χ2n) is 4.26. The van der Waals surface area contributed by atoms with E-state index in [1.165, 1.54) is 6.07 Å². The largest absolute Gasteiger partial charge is 0.496 e. The fourth-order valence-electron chi connectivity index (χ4n) is 1.87. The first-order valence-corrected chi connectivity index (χ1v) is 8.17. The molecule has 1 atom stereocenters. The van der Waals surface area contributed by atoms with E-state index in [0.717, 1.165) is 10.0 Å². The molecule has 1 unspecified atom stereocenters. The number of ether oxygens (including phenoxy) is 1. The molecule has 1 N–H and O–H groups in total. The van der Waals surface area contributed by atoms with E-state index < -0.39 is 16.8 Å². The van der Waals surface area contributed by atoms with E-state index in [0.29, 0.717) is 10.6 Å². The number of carboxylic acids is 1. The third-order valence-corrected chi connectivity index (χ3v) is 4.94. The molecule has 0 aliphatic carbocycles. The van der Waals surface area contributed by atoms with Crippen molar-refractivity contribution in [2.75, 3.05) is 7.11 Å². The molecular formula is C15H13BrO4S. The average molecular weight is 369 g/mol. The summed E-state index contributed by atoms with van der Waals surface area (Å²) in [6, 6.07) is 11.8. The van der Waals surface area contributed by atoms with Gasteiger partial charge in [0, 0.05) is 0 Å². The second-order valence-corrected chi connectivity index (χ2v) is 6.53. The maximum absolute atomic E-state index is 12.4. The molecule has 4 nitrogen and oxygen atoms in total. The molecular weight excluding hydrogens is 356 g/mol. The van der Waals surface area contributed by atoms with Crippen molar-refractivity contribution < 1.29 is 18.8 Å². The van der Waals surface area contributed by atoms with E-state index in [9.17, 15) is 9.00 Å². The highest BCUT2D eigenvalue weighted by molar-refractivity contribution is 9.10. The van der Waals surface area contributed by atoms with Gasteiger partial charge < -0.3 is 9.84 Å². The quantitative estimate of drug-likeness (QED) is 0.877. The van der Waals surface area contributed by atoms with Crippen LogP contribution in [0, 0.1) is 0 Å². The van der Waals surface area contributed by atoms with Crippen molar-refractivity contribution in [3.63, 3.8) is 0 Å². The minimum absolute atomic E-state index is 0.0726. The molecule has 0 radical (unpaired) electrons. The van der Waals surface area contributed by atoms with Crippen LogP contribution in [0.5, 0.6) is 5.75 Å². The van der Waals surface area contributed by atoms with Crippen LogP contribution in [0.3, 0.4) is 0 Å². The Labute approximate surface area is 133 Å². The van der Waals surface area contributed by atoms with Crippen molar-refractivity contribution in [3.05, 3.63) is 58.1 Å². The topological polar surface area (TPSA) is 63.6 Å². The molecule has 6 heteroatoms. The lowest BCUT2D eigenvalue weighted by molar-refractivity contribution is 0.0693. The molecule has 0 bridgehead atoms. The molecule has 0 aliphatic heterocycles. The Hall–Kier alpha value is -1.66. The van der Waals surface area contributed by atoms with Crippen LogP contribution in [-0.2, 0) is 16.6 Å². The monoisotopic (exact) mass is 368 g/mol. The smallest absolute Gasteiger partial charge is 0.336 e. The molecule has 0 aliphatic rings. The van der Waals surface area contributed by atoms with Crippen molar-refractivity contribution in [1.82, 2.24) is 0 Å². The predicted molar refractivity (Wildman–Crippen MR) is 84.2 cm³/mol. The fourth-order valence-corrected chi connectivity index (χ4v) is 3.73. The number of rotatable bonds is 5. The van der Waals surface area contributed by atoms with E-state index in [1.807, 2.05) is 12.1 Å². The predicted octanol–water partition coefficient (Wildman–Crippen LogP) is 3.46. The van der Waals surface area contributed by atoms with Crippen molar-refractivity contribution in [3.8, 4) is 5.75 Å². The van der Waals surface area contributed by atoms with E-state index in [4.69, 9.17) is 9.84 Å². The molecule has 0 saturated carbocycles.